The van der Waals surface area contributed by atoms with Gasteiger partial charge in [-0.05, 0) is 48.6 Å². The van der Waals surface area contributed by atoms with Crippen LogP contribution in [0, 0.1) is 12.8 Å². The van der Waals surface area contributed by atoms with Gasteiger partial charge in [0.1, 0.15) is 12.4 Å². The van der Waals surface area contributed by atoms with Gasteiger partial charge in [0.25, 0.3) is 5.91 Å². The van der Waals surface area contributed by atoms with Crippen LogP contribution in [0.15, 0.2) is 47.2 Å². The minimum atomic E-state index is -0.0706. The Kier molecular flexibility index (Phi) is 6.06. The molecule has 1 amide bonds. The molecular formula is C20H22N2O2S2. The molecule has 0 unspecified atom stereocenters. The second-order valence-electron chi connectivity index (χ2n) is 6.38. The summed E-state index contributed by atoms with van der Waals surface area (Å²) in [5.41, 5.74) is 1.55. The molecule has 0 fully saturated rings. The van der Waals surface area contributed by atoms with E-state index in [9.17, 15) is 4.79 Å². The molecule has 0 aliphatic rings. The summed E-state index contributed by atoms with van der Waals surface area (Å²) < 4.78 is 5.73. The van der Waals surface area contributed by atoms with Crippen molar-refractivity contribution in [2.75, 3.05) is 0 Å². The van der Waals surface area contributed by atoms with Gasteiger partial charge in [0.15, 0.2) is 0 Å². The Morgan fingerprint density at radius 3 is 2.54 bits per heavy atom. The van der Waals surface area contributed by atoms with E-state index in [1.807, 2.05) is 35.9 Å². The fraction of sp³-hybridized carbons (Fsp3) is 0.300. The highest BCUT2D eigenvalue weighted by Crippen LogP contribution is 2.26. The molecule has 26 heavy (non-hydrogen) atoms. The normalized spacial score (nSPS) is 12.2. The molecule has 0 aliphatic heterocycles. The van der Waals surface area contributed by atoms with Gasteiger partial charge in [-0.25, -0.2) is 4.98 Å². The summed E-state index contributed by atoms with van der Waals surface area (Å²) in [5, 5.41) is 8.19. The number of hydrogen-bond acceptors (Lipinski definition) is 5. The van der Waals surface area contributed by atoms with E-state index in [1.165, 1.54) is 4.88 Å². The molecule has 0 aliphatic carbocycles. The minimum Gasteiger partial charge on any atom is -0.487 e. The molecule has 0 saturated carbocycles. The molecule has 2 aromatic heterocycles. The summed E-state index contributed by atoms with van der Waals surface area (Å²) in [7, 11) is 0. The number of hydrogen-bond donors (Lipinski definition) is 1. The second kappa shape index (κ2) is 8.47. The van der Waals surface area contributed by atoms with Crippen LogP contribution in [0.2, 0.25) is 0 Å². The first-order valence-electron chi connectivity index (χ1n) is 8.51. The number of thiazole rings is 1. The fourth-order valence-electron chi connectivity index (χ4n) is 2.59. The predicted octanol–water partition coefficient (Wildman–Crippen LogP) is 5.22. The number of rotatable bonds is 7. The molecule has 0 radical (unpaired) electrons. The highest BCUT2D eigenvalue weighted by atomic mass is 32.1. The Hall–Kier alpha value is -2.18. The van der Waals surface area contributed by atoms with Gasteiger partial charge in [-0.3, -0.25) is 4.79 Å². The molecule has 3 aromatic rings. The lowest BCUT2D eigenvalue weighted by molar-refractivity contribution is 0.0926. The van der Waals surface area contributed by atoms with Crippen LogP contribution >= 0.6 is 22.7 Å². The topological polar surface area (TPSA) is 51.2 Å². The maximum absolute atomic E-state index is 12.6. The highest BCUT2D eigenvalue weighted by Gasteiger charge is 2.20. The van der Waals surface area contributed by atoms with E-state index in [1.54, 1.807) is 34.8 Å². The van der Waals surface area contributed by atoms with Crippen molar-refractivity contribution in [3.8, 4) is 5.75 Å². The Bertz CT molecular complexity index is 839. The molecule has 3 rings (SSSR count). The first kappa shape index (κ1) is 18.6. The summed E-state index contributed by atoms with van der Waals surface area (Å²) in [4.78, 5) is 18.1. The molecule has 1 atom stereocenters. The van der Waals surface area contributed by atoms with E-state index in [2.05, 4.69) is 30.2 Å². The predicted molar refractivity (Wildman–Crippen MR) is 107 cm³/mol. The van der Waals surface area contributed by atoms with Crippen molar-refractivity contribution >= 4 is 28.6 Å². The van der Waals surface area contributed by atoms with Crippen LogP contribution in [-0.2, 0) is 6.61 Å². The molecule has 0 bridgehead atoms. The lowest BCUT2D eigenvalue weighted by Gasteiger charge is -2.21. The number of carbonyl (C=O) groups excluding carboxylic acids is 1. The SMILES string of the molecule is Cc1nc(COc2ccc(C(=O)N[C@H](c3cccs3)C(C)C)cc2)cs1. The fourth-order valence-corrected chi connectivity index (χ4v) is 4.14. The van der Waals surface area contributed by atoms with E-state index < -0.39 is 0 Å². The molecule has 1 aromatic carbocycles. The average Bonchev–Trinajstić information content (AvgIpc) is 3.29. The Morgan fingerprint density at radius 1 is 1.19 bits per heavy atom. The number of amides is 1. The van der Waals surface area contributed by atoms with Gasteiger partial charge < -0.3 is 10.1 Å². The highest BCUT2D eigenvalue weighted by molar-refractivity contribution is 7.10. The van der Waals surface area contributed by atoms with E-state index in [4.69, 9.17) is 4.74 Å². The van der Waals surface area contributed by atoms with E-state index in [0.29, 0.717) is 18.1 Å². The number of thiophene rings is 1. The van der Waals surface area contributed by atoms with E-state index >= 15 is 0 Å². The zero-order valence-corrected chi connectivity index (χ0v) is 16.7. The third-order valence-electron chi connectivity index (χ3n) is 3.97. The van der Waals surface area contributed by atoms with Gasteiger partial charge in [0.05, 0.1) is 16.7 Å². The number of carbonyl (C=O) groups is 1. The van der Waals surface area contributed by atoms with Gasteiger partial charge in [-0.15, -0.1) is 22.7 Å². The summed E-state index contributed by atoms with van der Waals surface area (Å²) in [6, 6.07) is 11.3. The first-order chi connectivity index (χ1) is 12.5. The van der Waals surface area contributed by atoms with Gasteiger partial charge in [0.2, 0.25) is 0 Å². The van der Waals surface area contributed by atoms with Crippen LogP contribution in [0.25, 0.3) is 0 Å². The zero-order valence-electron chi connectivity index (χ0n) is 15.1. The van der Waals surface area contributed by atoms with Crippen molar-refractivity contribution in [3.63, 3.8) is 0 Å². The maximum Gasteiger partial charge on any atom is 0.251 e. The summed E-state index contributed by atoms with van der Waals surface area (Å²) in [6.45, 7) is 6.63. The van der Waals surface area contributed by atoms with Gasteiger partial charge in [-0.1, -0.05) is 19.9 Å². The molecule has 2 heterocycles. The van der Waals surface area contributed by atoms with Crippen LogP contribution in [-0.4, -0.2) is 10.9 Å². The monoisotopic (exact) mass is 386 g/mol. The van der Waals surface area contributed by atoms with Crippen molar-refractivity contribution in [1.82, 2.24) is 10.3 Å². The molecule has 1 N–H and O–H groups in total. The third kappa shape index (κ3) is 4.71. The van der Waals surface area contributed by atoms with Crippen molar-refractivity contribution in [1.29, 1.82) is 0 Å². The van der Waals surface area contributed by atoms with Crippen molar-refractivity contribution in [2.45, 2.75) is 33.4 Å². The Balaban J connectivity index is 1.61. The van der Waals surface area contributed by atoms with Crippen molar-refractivity contribution < 1.29 is 9.53 Å². The summed E-state index contributed by atoms with van der Waals surface area (Å²) >= 11 is 3.27. The first-order valence-corrected chi connectivity index (χ1v) is 10.3. The Labute approximate surface area is 161 Å². The standard InChI is InChI=1S/C20H22N2O2S2/c1-13(2)19(18-5-4-10-25-18)22-20(23)15-6-8-17(9-7-15)24-11-16-12-26-14(3)21-16/h4-10,12-13,19H,11H2,1-3H3,(H,22,23)/t19-/m0/s1. The summed E-state index contributed by atoms with van der Waals surface area (Å²) in [6.07, 6.45) is 0. The van der Waals surface area contributed by atoms with E-state index in [0.717, 1.165) is 16.5 Å². The molecule has 0 saturated heterocycles. The molecule has 6 heteroatoms. The number of nitrogens with one attached hydrogen (secondary N) is 1. The lowest BCUT2D eigenvalue weighted by atomic mass is 10.0. The molecule has 4 nitrogen and oxygen atoms in total. The van der Waals surface area contributed by atoms with E-state index in [-0.39, 0.29) is 11.9 Å². The molecular weight excluding hydrogens is 364 g/mol. The number of benzene rings is 1. The van der Waals surface area contributed by atoms with Gasteiger partial charge >= 0.3 is 0 Å². The molecule has 0 spiro atoms. The lowest BCUT2D eigenvalue weighted by Crippen LogP contribution is -2.31. The van der Waals surface area contributed by atoms with Crippen molar-refractivity contribution in [3.05, 3.63) is 68.3 Å². The third-order valence-corrected chi connectivity index (χ3v) is 5.75. The zero-order chi connectivity index (χ0) is 18.5. The average molecular weight is 387 g/mol. The number of aromatic nitrogens is 1. The largest absolute Gasteiger partial charge is 0.487 e. The number of aryl methyl sites for hydroxylation is 1. The van der Waals surface area contributed by atoms with Crippen LogP contribution in [0.5, 0.6) is 5.75 Å². The summed E-state index contributed by atoms with van der Waals surface area (Å²) in [5.74, 6) is 0.978. The maximum atomic E-state index is 12.6. The van der Waals surface area contributed by atoms with Gasteiger partial charge in [0, 0.05) is 15.8 Å². The minimum absolute atomic E-state index is 0.0198. The van der Waals surface area contributed by atoms with Gasteiger partial charge in [-0.2, -0.15) is 0 Å². The smallest absolute Gasteiger partial charge is 0.251 e. The number of ether oxygens (including phenoxy) is 1. The van der Waals surface area contributed by atoms with Crippen molar-refractivity contribution in [2.24, 2.45) is 5.92 Å². The Morgan fingerprint density at radius 2 is 1.96 bits per heavy atom. The van der Waals surface area contributed by atoms with Crippen LogP contribution in [0.1, 0.15) is 45.8 Å². The quantitative estimate of drug-likeness (QED) is 0.606. The molecule has 136 valence electrons. The van der Waals surface area contributed by atoms with Crippen LogP contribution in [0.3, 0.4) is 0 Å². The number of nitrogens with zero attached hydrogens (tertiary/aromatic N) is 1. The van der Waals surface area contributed by atoms with Crippen LogP contribution < -0.4 is 10.1 Å². The second-order valence-corrected chi connectivity index (χ2v) is 8.42. The van der Waals surface area contributed by atoms with Crippen LogP contribution in [0.4, 0.5) is 0 Å².